The summed E-state index contributed by atoms with van der Waals surface area (Å²) in [6.07, 6.45) is -0.0331. The van der Waals surface area contributed by atoms with Crippen LogP contribution in [-0.2, 0) is 11.4 Å². The van der Waals surface area contributed by atoms with Crippen LogP contribution in [0.15, 0.2) is 102 Å². The van der Waals surface area contributed by atoms with Crippen molar-refractivity contribution in [1.82, 2.24) is 0 Å². The average Bonchev–Trinajstić information content (AvgIpc) is 2.93. The number of β-lactam (4-membered cyclic amide) rings is 1. The molecule has 5 rings (SSSR count). The lowest BCUT2D eigenvalue weighted by molar-refractivity contribution is -0.131. The van der Waals surface area contributed by atoms with Crippen molar-refractivity contribution in [3.63, 3.8) is 0 Å². The number of aromatic hydroxyl groups is 1. The summed E-state index contributed by atoms with van der Waals surface area (Å²) in [4.78, 5) is 15.2. The summed E-state index contributed by atoms with van der Waals surface area (Å²) >= 11 is 3.54. The van der Waals surface area contributed by atoms with Gasteiger partial charge in [0, 0.05) is 15.7 Å². The van der Waals surface area contributed by atoms with E-state index in [1.807, 2.05) is 48.5 Å². The average molecular weight is 576 g/mol. The normalized spacial score (nSPS) is 17.7. The lowest BCUT2D eigenvalue weighted by atomic mass is 9.78. The van der Waals surface area contributed by atoms with Gasteiger partial charge in [0.25, 0.3) is 0 Å². The van der Waals surface area contributed by atoms with Crippen molar-refractivity contribution in [2.45, 2.75) is 31.6 Å². The molecule has 0 aliphatic carbocycles. The van der Waals surface area contributed by atoms with E-state index in [1.165, 1.54) is 12.1 Å². The number of anilines is 1. The van der Waals surface area contributed by atoms with E-state index in [0.717, 1.165) is 15.6 Å². The molecule has 38 heavy (non-hydrogen) atoms. The minimum absolute atomic E-state index is 0.0658. The van der Waals surface area contributed by atoms with Gasteiger partial charge in [-0.1, -0.05) is 64.5 Å². The second-order valence-electron chi connectivity index (χ2n) is 9.38. The SMILES string of the molecule is O=C1[C@H](CCC(O)c2ccc(F)cc2)C(c2ccc(Br)cc2OCc2ccccc2)N1c1ccc(O)cc1. The highest BCUT2D eigenvalue weighted by Crippen LogP contribution is 2.49. The highest BCUT2D eigenvalue weighted by atomic mass is 79.9. The molecule has 0 bridgehead atoms. The second kappa shape index (κ2) is 11.4. The Kier molecular flexibility index (Phi) is 7.77. The molecule has 1 fully saturated rings. The molecule has 194 valence electrons. The maximum atomic E-state index is 13.5. The molecule has 2 unspecified atom stereocenters. The van der Waals surface area contributed by atoms with Crippen LogP contribution in [0.4, 0.5) is 10.1 Å². The molecule has 7 heteroatoms. The van der Waals surface area contributed by atoms with Crippen molar-refractivity contribution in [3.8, 4) is 11.5 Å². The summed E-state index contributed by atoms with van der Waals surface area (Å²) in [6.45, 7) is 0.373. The molecular formula is C31H27BrFNO4. The van der Waals surface area contributed by atoms with Gasteiger partial charge in [0.15, 0.2) is 0 Å². The summed E-state index contributed by atoms with van der Waals surface area (Å²) in [5.74, 6) is -0.0394. The monoisotopic (exact) mass is 575 g/mol. The predicted octanol–water partition coefficient (Wildman–Crippen LogP) is 7.09. The fourth-order valence-electron chi connectivity index (χ4n) is 4.89. The zero-order valence-electron chi connectivity index (χ0n) is 20.5. The summed E-state index contributed by atoms with van der Waals surface area (Å²) in [7, 11) is 0. The number of phenolic OH excluding ortho intramolecular Hbond substituents is 1. The van der Waals surface area contributed by atoms with Gasteiger partial charge in [0.2, 0.25) is 5.91 Å². The number of phenols is 1. The van der Waals surface area contributed by atoms with Crippen molar-refractivity contribution in [1.29, 1.82) is 0 Å². The van der Waals surface area contributed by atoms with E-state index in [-0.39, 0.29) is 29.4 Å². The lowest BCUT2D eigenvalue weighted by Gasteiger charge is -2.48. The number of benzene rings is 4. The van der Waals surface area contributed by atoms with Crippen LogP contribution in [0.1, 0.15) is 41.7 Å². The zero-order chi connectivity index (χ0) is 26.6. The Labute approximate surface area is 229 Å². The van der Waals surface area contributed by atoms with Crippen LogP contribution in [0.2, 0.25) is 0 Å². The van der Waals surface area contributed by atoms with E-state index in [2.05, 4.69) is 15.9 Å². The Morgan fingerprint density at radius 2 is 1.66 bits per heavy atom. The third-order valence-electron chi connectivity index (χ3n) is 6.88. The number of carbonyl (C=O) groups excluding carboxylic acids is 1. The molecule has 1 saturated heterocycles. The van der Waals surface area contributed by atoms with Gasteiger partial charge in [-0.15, -0.1) is 0 Å². The van der Waals surface area contributed by atoms with Crippen molar-refractivity contribution >= 4 is 27.5 Å². The maximum Gasteiger partial charge on any atom is 0.233 e. The largest absolute Gasteiger partial charge is 0.508 e. The molecule has 2 N–H and O–H groups in total. The first-order valence-electron chi connectivity index (χ1n) is 12.4. The number of aliphatic hydroxyl groups excluding tert-OH is 1. The van der Waals surface area contributed by atoms with Crippen molar-refractivity contribution in [2.75, 3.05) is 4.90 Å². The fraction of sp³-hybridized carbons (Fsp3) is 0.194. The van der Waals surface area contributed by atoms with Crippen LogP contribution in [-0.4, -0.2) is 16.1 Å². The number of ether oxygens (including phenoxy) is 1. The number of halogens is 2. The van der Waals surface area contributed by atoms with E-state index in [9.17, 15) is 19.4 Å². The Morgan fingerprint density at radius 1 is 0.947 bits per heavy atom. The molecule has 4 aromatic rings. The van der Waals surface area contributed by atoms with Gasteiger partial charge >= 0.3 is 0 Å². The van der Waals surface area contributed by atoms with Crippen molar-refractivity contribution < 1.29 is 24.1 Å². The summed E-state index contributed by atoms with van der Waals surface area (Å²) in [6, 6.07) is 27.6. The maximum absolute atomic E-state index is 13.5. The van der Waals surface area contributed by atoms with E-state index in [1.54, 1.807) is 41.3 Å². The molecule has 1 aliphatic heterocycles. The number of hydrogen-bond donors (Lipinski definition) is 2. The highest BCUT2D eigenvalue weighted by Gasteiger charge is 2.49. The van der Waals surface area contributed by atoms with Gasteiger partial charge in [0.05, 0.1) is 18.1 Å². The molecule has 5 nitrogen and oxygen atoms in total. The molecule has 1 aliphatic rings. The van der Waals surface area contributed by atoms with Crippen LogP contribution < -0.4 is 9.64 Å². The topological polar surface area (TPSA) is 70.0 Å². The number of aliphatic hydroxyl groups is 1. The van der Waals surface area contributed by atoms with Crippen molar-refractivity contribution in [2.24, 2.45) is 5.92 Å². The summed E-state index contributed by atoms with van der Waals surface area (Å²) in [5.41, 5.74) is 3.17. The molecule has 1 heterocycles. The molecule has 0 saturated carbocycles. The molecule has 0 radical (unpaired) electrons. The molecular weight excluding hydrogens is 549 g/mol. The first kappa shape index (κ1) is 25.9. The number of hydrogen-bond acceptors (Lipinski definition) is 4. The molecule has 4 aromatic carbocycles. The van der Waals surface area contributed by atoms with Gasteiger partial charge in [-0.2, -0.15) is 0 Å². The molecule has 0 aromatic heterocycles. The highest BCUT2D eigenvalue weighted by molar-refractivity contribution is 9.10. The van der Waals surface area contributed by atoms with E-state index >= 15 is 0 Å². The summed E-state index contributed by atoms with van der Waals surface area (Å²) in [5, 5.41) is 20.5. The number of rotatable bonds is 9. The third kappa shape index (κ3) is 5.59. The molecule has 3 atom stereocenters. The second-order valence-corrected chi connectivity index (χ2v) is 10.3. The van der Waals surface area contributed by atoms with Crippen LogP contribution in [0.3, 0.4) is 0 Å². The van der Waals surface area contributed by atoms with Crippen LogP contribution in [0.5, 0.6) is 11.5 Å². The Hall–Kier alpha value is -3.68. The molecule has 1 amide bonds. The van der Waals surface area contributed by atoms with Crippen molar-refractivity contribution in [3.05, 3.63) is 124 Å². The van der Waals surface area contributed by atoms with Gasteiger partial charge < -0.3 is 19.8 Å². The quantitative estimate of drug-likeness (QED) is 0.209. The minimum atomic E-state index is -0.814. The van der Waals surface area contributed by atoms with Crippen LogP contribution in [0.25, 0.3) is 0 Å². The van der Waals surface area contributed by atoms with Crippen LogP contribution >= 0.6 is 15.9 Å². The Bertz CT molecular complexity index is 1400. The van der Waals surface area contributed by atoms with Crippen LogP contribution in [0, 0.1) is 11.7 Å². The predicted molar refractivity (Wildman–Crippen MR) is 147 cm³/mol. The number of amides is 1. The fourth-order valence-corrected chi connectivity index (χ4v) is 5.23. The van der Waals surface area contributed by atoms with E-state index < -0.39 is 6.10 Å². The van der Waals surface area contributed by atoms with Gasteiger partial charge in [0.1, 0.15) is 23.9 Å². The minimum Gasteiger partial charge on any atom is -0.508 e. The zero-order valence-corrected chi connectivity index (χ0v) is 22.1. The first-order chi connectivity index (χ1) is 18.4. The smallest absolute Gasteiger partial charge is 0.233 e. The number of carbonyl (C=O) groups is 1. The van der Waals surface area contributed by atoms with Gasteiger partial charge in [-0.25, -0.2) is 4.39 Å². The number of nitrogens with zero attached hydrogens (tertiary/aromatic N) is 1. The summed E-state index contributed by atoms with van der Waals surface area (Å²) < 4.78 is 20.4. The lowest BCUT2D eigenvalue weighted by Crippen LogP contribution is -2.55. The van der Waals surface area contributed by atoms with E-state index in [0.29, 0.717) is 36.4 Å². The van der Waals surface area contributed by atoms with Gasteiger partial charge in [-0.3, -0.25) is 4.79 Å². The van der Waals surface area contributed by atoms with Gasteiger partial charge in [-0.05, 0) is 72.5 Å². The molecule has 0 spiro atoms. The van der Waals surface area contributed by atoms with E-state index in [4.69, 9.17) is 4.74 Å². The Morgan fingerprint density at radius 3 is 2.37 bits per heavy atom. The Balaban J connectivity index is 1.43. The third-order valence-corrected chi connectivity index (χ3v) is 7.37. The first-order valence-corrected chi connectivity index (χ1v) is 13.2. The standard InChI is InChI=1S/C31H27BrFNO4/c32-22-8-15-26(29(18-22)38-19-20-4-2-1-3-5-20)30-27(16-17-28(36)21-6-9-23(33)10-7-21)31(37)34(30)24-11-13-25(35)14-12-24/h1-15,18,27-28,30,35-36H,16-17,19H2/t27-,28?,30?/m1/s1.